The first-order chi connectivity index (χ1) is 14.9. The lowest BCUT2D eigenvalue weighted by atomic mass is 9.81. The lowest BCUT2D eigenvalue weighted by Crippen LogP contribution is -2.38. The van der Waals surface area contributed by atoms with Crippen molar-refractivity contribution in [3.63, 3.8) is 0 Å². The summed E-state index contributed by atoms with van der Waals surface area (Å²) in [5.41, 5.74) is -0.0424. The molecule has 2 aliphatic rings. The summed E-state index contributed by atoms with van der Waals surface area (Å²) >= 11 is 0. The fourth-order valence-corrected chi connectivity index (χ4v) is 2.77. The Labute approximate surface area is 151 Å². The topological polar surface area (TPSA) is 39.7 Å². The van der Waals surface area contributed by atoms with Crippen molar-refractivity contribution in [1.29, 1.82) is 0 Å². The molecule has 2 aromatic rings. The van der Waals surface area contributed by atoms with Crippen molar-refractivity contribution >= 4 is 0 Å². The summed E-state index contributed by atoms with van der Waals surface area (Å²) in [4.78, 5) is 0. The van der Waals surface area contributed by atoms with Crippen LogP contribution in [0.2, 0.25) is 0 Å². The molecule has 0 radical (unpaired) electrons. The minimum Gasteiger partial charge on any atom is -0.493 e. The number of nitrogens with one attached hydrogen (secondary N) is 1. The van der Waals surface area contributed by atoms with E-state index in [2.05, 4.69) is 5.32 Å². The van der Waals surface area contributed by atoms with Crippen molar-refractivity contribution < 1.29 is 29.6 Å². The lowest BCUT2D eigenvalue weighted by molar-refractivity contribution is 0.173. The number of hydrogen-bond acceptors (Lipinski definition) is 4. The summed E-state index contributed by atoms with van der Waals surface area (Å²) in [7, 11) is 0. The highest BCUT2D eigenvalue weighted by Crippen LogP contribution is 2.36. The van der Waals surface area contributed by atoms with E-state index in [1.165, 1.54) is 18.2 Å². The van der Waals surface area contributed by atoms with Gasteiger partial charge in [-0.25, -0.2) is 4.39 Å². The lowest BCUT2D eigenvalue weighted by Gasteiger charge is -2.32. The van der Waals surface area contributed by atoms with Crippen LogP contribution in [0.1, 0.15) is 28.9 Å². The minimum absolute atomic E-state index is 0.0424. The van der Waals surface area contributed by atoms with Crippen LogP contribution in [0.25, 0.3) is 0 Å². The Balaban J connectivity index is 1.64. The molecule has 0 spiro atoms. The smallest absolute Gasteiger partial charge is 0.231 e. The van der Waals surface area contributed by atoms with Gasteiger partial charge in [0, 0.05) is 21.2 Å². The second-order valence-electron chi connectivity index (χ2n) is 5.51. The first kappa shape index (κ1) is 8.72. The van der Waals surface area contributed by atoms with Crippen molar-refractivity contribution in [1.82, 2.24) is 5.32 Å². The normalized spacial score (nSPS) is 31.4. The highest BCUT2D eigenvalue weighted by atomic mass is 19.1. The molecular weight excluding hydrogens is 309 g/mol. The zero-order valence-electron chi connectivity index (χ0n) is 20.6. The minimum atomic E-state index is -2.30. The molecule has 2 atom stereocenters. The molecule has 0 aliphatic carbocycles. The van der Waals surface area contributed by atoms with E-state index in [0.717, 1.165) is 0 Å². The maximum atomic E-state index is 14.0. The number of benzene rings is 2. The molecule has 5 heteroatoms. The quantitative estimate of drug-likeness (QED) is 0.929. The molecular formula is C19H20FNO3. The highest BCUT2D eigenvalue weighted by Gasteiger charge is 2.27. The van der Waals surface area contributed by atoms with Gasteiger partial charge in [-0.05, 0) is 48.7 Å². The molecule has 2 aliphatic heterocycles. The van der Waals surface area contributed by atoms with Crippen molar-refractivity contribution in [3.05, 3.63) is 53.7 Å². The van der Waals surface area contributed by atoms with Crippen LogP contribution in [0.3, 0.4) is 0 Å². The van der Waals surface area contributed by atoms with E-state index in [1.54, 1.807) is 0 Å². The summed E-state index contributed by atoms with van der Waals surface area (Å²) in [5.74, 6) is -2.33. The zero-order chi connectivity index (χ0) is 23.4. The summed E-state index contributed by atoms with van der Waals surface area (Å²) in [6.45, 7) is -4.23. The third-order valence-corrected chi connectivity index (χ3v) is 3.99. The molecule has 0 amide bonds. The second-order valence-corrected chi connectivity index (χ2v) is 5.51. The molecule has 24 heavy (non-hydrogen) atoms. The molecule has 1 fully saturated rings. The Morgan fingerprint density at radius 1 is 1.25 bits per heavy atom. The van der Waals surface area contributed by atoms with Gasteiger partial charge in [0.05, 0.1) is 12.1 Å². The third-order valence-electron chi connectivity index (χ3n) is 3.99. The Bertz CT molecular complexity index is 1040. The van der Waals surface area contributed by atoms with Crippen LogP contribution in [0, 0.1) is 11.7 Å². The molecule has 1 saturated heterocycles. The predicted molar refractivity (Wildman–Crippen MR) is 88.2 cm³/mol. The molecule has 2 heterocycles. The van der Waals surface area contributed by atoms with Crippen molar-refractivity contribution in [2.75, 3.05) is 26.4 Å². The Morgan fingerprint density at radius 3 is 2.96 bits per heavy atom. The molecule has 4 rings (SSSR count). The number of ether oxygens (including phenoxy) is 3. The van der Waals surface area contributed by atoms with Crippen molar-refractivity contribution in [2.45, 2.75) is 12.3 Å². The van der Waals surface area contributed by atoms with Crippen LogP contribution in [0.15, 0.2) is 42.4 Å². The van der Waals surface area contributed by atoms with Crippen LogP contribution in [0.4, 0.5) is 4.39 Å². The van der Waals surface area contributed by atoms with Gasteiger partial charge in [-0.15, -0.1) is 0 Å². The first-order valence-corrected chi connectivity index (χ1v) is 7.57. The average Bonchev–Trinajstić information content (AvgIpc) is 3.03. The Morgan fingerprint density at radius 2 is 2.08 bits per heavy atom. The molecule has 2 aromatic carbocycles. The molecule has 0 bridgehead atoms. The third kappa shape index (κ3) is 3.17. The summed E-state index contributed by atoms with van der Waals surface area (Å²) < 4.78 is 93.5. The fourth-order valence-electron chi connectivity index (χ4n) is 2.77. The van der Waals surface area contributed by atoms with Crippen molar-refractivity contribution in [2.24, 2.45) is 5.92 Å². The van der Waals surface area contributed by atoms with E-state index >= 15 is 0 Å². The van der Waals surface area contributed by atoms with Gasteiger partial charge in [-0.2, -0.15) is 0 Å². The number of piperidine rings is 1. The van der Waals surface area contributed by atoms with Gasteiger partial charge in [-0.1, -0.05) is 12.1 Å². The molecule has 126 valence electrons. The molecule has 0 aromatic heterocycles. The van der Waals surface area contributed by atoms with E-state index in [9.17, 15) is 4.39 Å². The monoisotopic (exact) mass is 337 g/mol. The van der Waals surface area contributed by atoms with E-state index in [0.29, 0.717) is 6.42 Å². The number of hydrogen-bond donors (Lipinski definition) is 1. The van der Waals surface area contributed by atoms with Gasteiger partial charge >= 0.3 is 0 Å². The van der Waals surface area contributed by atoms with E-state index in [-0.39, 0.29) is 36.0 Å². The summed E-state index contributed by atoms with van der Waals surface area (Å²) in [6, 6.07) is 1.76. The number of rotatable bonds is 4. The Hall–Kier alpha value is -2.27. The van der Waals surface area contributed by atoms with Gasteiger partial charge in [0.1, 0.15) is 14.3 Å². The number of fused-ring (bicyclic) bond motifs is 1. The van der Waals surface area contributed by atoms with Crippen LogP contribution in [-0.4, -0.2) is 26.4 Å². The van der Waals surface area contributed by atoms with Gasteiger partial charge in [0.25, 0.3) is 0 Å². The zero-order valence-corrected chi connectivity index (χ0v) is 12.6. The molecule has 4 nitrogen and oxygen atoms in total. The Kier molecular flexibility index (Phi) is 2.43. The highest BCUT2D eigenvalue weighted by molar-refractivity contribution is 5.46. The summed E-state index contributed by atoms with van der Waals surface area (Å²) in [6.07, 6.45) is 0.303. The predicted octanol–water partition coefficient (Wildman–Crippen LogP) is 3.33. The summed E-state index contributed by atoms with van der Waals surface area (Å²) in [5, 5.41) is 2.75. The van der Waals surface area contributed by atoms with Gasteiger partial charge in [0.2, 0.25) is 6.75 Å². The van der Waals surface area contributed by atoms with Gasteiger partial charge < -0.3 is 19.5 Å². The van der Waals surface area contributed by atoms with Gasteiger partial charge in [0.15, 0.2) is 11.5 Å². The van der Waals surface area contributed by atoms with Gasteiger partial charge in [-0.3, -0.25) is 0 Å². The van der Waals surface area contributed by atoms with Crippen LogP contribution < -0.4 is 19.5 Å². The molecule has 1 unspecified atom stereocenters. The maximum Gasteiger partial charge on any atom is 0.231 e. The molecule has 0 saturated carbocycles. The molecule has 1 N–H and O–H groups in total. The standard InChI is InChI=1S/C19H20FNO3/c20-15-3-1-13(2-4-15)17-7-8-21-10-14(17)11-22-16-5-6-18-19(9-16)24-12-23-18/h1-6,9,14,17,21H,7-8,10-12H2/t14?,17-/m0/s1/i1D,2D,3D,4D,10D2,12D2. The first-order valence-electron chi connectivity index (χ1n) is 11.6. The maximum absolute atomic E-state index is 14.0. The average molecular weight is 337 g/mol. The number of halogens is 1. The largest absolute Gasteiger partial charge is 0.493 e. The van der Waals surface area contributed by atoms with Crippen molar-refractivity contribution in [3.8, 4) is 17.2 Å². The second kappa shape index (κ2) is 6.69. The van der Waals surface area contributed by atoms with E-state index in [4.69, 9.17) is 25.2 Å². The van der Waals surface area contributed by atoms with Crippen LogP contribution >= 0.6 is 0 Å². The van der Waals surface area contributed by atoms with E-state index in [1.807, 2.05) is 0 Å². The van der Waals surface area contributed by atoms with E-state index < -0.39 is 55.1 Å². The van der Waals surface area contributed by atoms with Crippen LogP contribution in [0.5, 0.6) is 17.2 Å². The SMILES string of the molecule is [2H]c1c([2H])c([C@@H]2CCNC([2H])([2H])C2COc2ccc3c(c2)OC([2H])([2H])O3)c([2H])c([2H])c1F. The van der Waals surface area contributed by atoms with Crippen LogP contribution in [-0.2, 0) is 0 Å². The fraction of sp³-hybridized carbons (Fsp3) is 0.368.